The van der Waals surface area contributed by atoms with E-state index in [0.29, 0.717) is 0 Å². The number of carboxylic acids is 1. The molecule has 0 bridgehead atoms. The Labute approximate surface area is 95.0 Å². The van der Waals surface area contributed by atoms with Crippen LogP contribution in [0.15, 0.2) is 10.6 Å². The van der Waals surface area contributed by atoms with Gasteiger partial charge in [-0.15, -0.1) is 0 Å². The van der Waals surface area contributed by atoms with Crippen LogP contribution in [0.4, 0.5) is 6.01 Å². The number of carbonyl (C=O) groups excluding carboxylic acids is 2. The molecule has 0 saturated carbocycles. The lowest BCUT2D eigenvalue weighted by Crippen LogP contribution is -2.28. The van der Waals surface area contributed by atoms with Gasteiger partial charge >= 0.3 is 12.0 Å². The number of hydrogen-bond acceptors (Lipinski definition) is 5. The Morgan fingerprint density at radius 3 is 2.76 bits per heavy atom. The van der Waals surface area contributed by atoms with Crippen molar-refractivity contribution in [3.05, 3.63) is 12.0 Å². The zero-order chi connectivity index (χ0) is 12.6. The summed E-state index contributed by atoms with van der Waals surface area (Å²) >= 11 is 0. The average molecular weight is 239 g/mol. The number of carbonyl (C=O) groups is 3. The van der Waals surface area contributed by atoms with Crippen LogP contribution >= 0.6 is 0 Å². The maximum atomic E-state index is 11.5. The van der Waals surface area contributed by atoms with E-state index in [1.807, 2.05) is 0 Å². The molecule has 0 aromatic carbocycles. The maximum absolute atomic E-state index is 11.5. The van der Waals surface area contributed by atoms with Crippen LogP contribution in [0.2, 0.25) is 0 Å². The third-order valence-electron chi connectivity index (χ3n) is 2.46. The first-order valence-corrected chi connectivity index (χ1v) is 4.78. The summed E-state index contributed by atoms with van der Waals surface area (Å²) in [6.07, 6.45) is 0.989. The van der Waals surface area contributed by atoms with E-state index in [2.05, 4.69) is 4.98 Å². The fourth-order valence-corrected chi connectivity index (χ4v) is 1.57. The van der Waals surface area contributed by atoms with Crippen LogP contribution in [0.5, 0.6) is 0 Å². The number of aromatic carboxylic acids is 1. The van der Waals surface area contributed by atoms with E-state index in [4.69, 9.17) is 15.3 Å². The highest BCUT2D eigenvalue weighted by Crippen LogP contribution is 2.24. The molecule has 0 radical (unpaired) electrons. The van der Waals surface area contributed by atoms with E-state index in [9.17, 15) is 14.4 Å². The largest absolute Gasteiger partial charge is 0.475 e. The van der Waals surface area contributed by atoms with Crippen LogP contribution in [0, 0.1) is 5.92 Å². The van der Waals surface area contributed by atoms with Gasteiger partial charge in [0.15, 0.2) is 0 Å². The molecule has 90 valence electrons. The predicted molar refractivity (Wildman–Crippen MR) is 53.1 cm³/mol. The summed E-state index contributed by atoms with van der Waals surface area (Å²) < 4.78 is 4.87. The molecule has 1 fully saturated rings. The van der Waals surface area contributed by atoms with E-state index >= 15 is 0 Å². The van der Waals surface area contributed by atoms with Crippen molar-refractivity contribution >= 4 is 23.8 Å². The van der Waals surface area contributed by atoms with Gasteiger partial charge in [0.1, 0.15) is 0 Å². The molecule has 1 atom stereocenters. The normalized spacial score (nSPS) is 19.6. The molecule has 17 heavy (non-hydrogen) atoms. The number of hydrogen-bond donors (Lipinski definition) is 2. The molecule has 2 amide bonds. The molecule has 1 aromatic rings. The minimum Gasteiger partial charge on any atom is -0.475 e. The highest BCUT2D eigenvalue weighted by molar-refractivity contribution is 5.98. The third-order valence-corrected chi connectivity index (χ3v) is 2.46. The fourth-order valence-electron chi connectivity index (χ4n) is 1.57. The Bertz CT molecular complexity index is 495. The van der Waals surface area contributed by atoms with E-state index in [1.54, 1.807) is 0 Å². The molecule has 2 heterocycles. The Hall–Kier alpha value is -2.38. The lowest BCUT2D eigenvalue weighted by atomic mass is 10.1. The van der Waals surface area contributed by atoms with E-state index in [0.717, 1.165) is 11.1 Å². The minimum atomic E-state index is -1.28. The maximum Gasteiger partial charge on any atom is 0.373 e. The summed E-state index contributed by atoms with van der Waals surface area (Å²) in [5.74, 6) is -3.18. The number of primary amides is 1. The summed E-state index contributed by atoms with van der Waals surface area (Å²) in [7, 11) is 0. The zero-order valence-electron chi connectivity index (χ0n) is 8.62. The standard InChI is InChI=1S/C9H9N3O5/c10-7(14)4-1-6(13)12(3-4)9-11-2-5(17-9)8(15)16/h2,4H,1,3H2,(H2,10,14)(H,15,16). The third kappa shape index (κ3) is 1.96. The monoisotopic (exact) mass is 239 g/mol. The van der Waals surface area contributed by atoms with Crippen molar-refractivity contribution in [1.29, 1.82) is 0 Å². The molecule has 2 rings (SSSR count). The number of anilines is 1. The van der Waals surface area contributed by atoms with Crippen molar-refractivity contribution in [2.75, 3.05) is 11.4 Å². The van der Waals surface area contributed by atoms with Gasteiger partial charge in [0.2, 0.25) is 17.6 Å². The van der Waals surface area contributed by atoms with Crippen molar-refractivity contribution in [1.82, 2.24) is 4.98 Å². The van der Waals surface area contributed by atoms with Crippen molar-refractivity contribution in [2.24, 2.45) is 11.7 Å². The quantitative estimate of drug-likeness (QED) is 0.711. The van der Waals surface area contributed by atoms with E-state index in [-0.39, 0.29) is 30.6 Å². The van der Waals surface area contributed by atoms with Crippen LogP contribution in [-0.4, -0.2) is 34.4 Å². The summed E-state index contributed by atoms with van der Waals surface area (Å²) in [5.41, 5.74) is 5.09. The SMILES string of the molecule is NC(=O)C1CC(=O)N(c2ncc(C(=O)O)o2)C1. The van der Waals surface area contributed by atoms with Crippen molar-refractivity contribution in [2.45, 2.75) is 6.42 Å². The first kappa shape index (κ1) is 11.1. The van der Waals surface area contributed by atoms with Crippen LogP contribution in [0.1, 0.15) is 17.0 Å². The number of nitrogens with zero attached hydrogens (tertiary/aromatic N) is 2. The lowest BCUT2D eigenvalue weighted by Gasteiger charge is -2.09. The van der Waals surface area contributed by atoms with Crippen molar-refractivity contribution in [3.8, 4) is 0 Å². The Morgan fingerprint density at radius 1 is 1.59 bits per heavy atom. The number of carboxylic acid groups (broad SMARTS) is 1. The molecule has 0 aliphatic carbocycles. The number of nitrogens with two attached hydrogens (primary N) is 1. The highest BCUT2D eigenvalue weighted by atomic mass is 16.4. The first-order valence-electron chi connectivity index (χ1n) is 4.78. The van der Waals surface area contributed by atoms with Gasteiger partial charge in [-0.2, -0.15) is 0 Å². The Kier molecular flexibility index (Phi) is 2.54. The Morgan fingerprint density at radius 2 is 2.29 bits per heavy atom. The van der Waals surface area contributed by atoms with Gasteiger partial charge < -0.3 is 15.3 Å². The van der Waals surface area contributed by atoms with Gasteiger partial charge in [-0.3, -0.25) is 14.5 Å². The van der Waals surface area contributed by atoms with Crippen LogP contribution in [-0.2, 0) is 9.59 Å². The zero-order valence-corrected chi connectivity index (χ0v) is 8.62. The molecule has 1 aliphatic heterocycles. The van der Waals surface area contributed by atoms with Crippen LogP contribution < -0.4 is 10.6 Å². The number of oxazole rings is 1. The molecule has 1 unspecified atom stereocenters. The van der Waals surface area contributed by atoms with Gasteiger partial charge in [0, 0.05) is 13.0 Å². The smallest absolute Gasteiger partial charge is 0.373 e. The molecule has 1 aromatic heterocycles. The van der Waals surface area contributed by atoms with Gasteiger partial charge in [-0.25, -0.2) is 9.78 Å². The molecular weight excluding hydrogens is 230 g/mol. The molecule has 1 saturated heterocycles. The summed E-state index contributed by atoms with van der Waals surface area (Å²) in [4.78, 5) is 37.8. The lowest BCUT2D eigenvalue weighted by molar-refractivity contribution is -0.123. The van der Waals surface area contributed by atoms with Gasteiger partial charge in [-0.1, -0.05) is 0 Å². The van der Waals surface area contributed by atoms with E-state index < -0.39 is 17.8 Å². The van der Waals surface area contributed by atoms with Crippen LogP contribution in [0.25, 0.3) is 0 Å². The van der Waals surface area contributed by atoms with E-state index in [1.165, 1.54) is 0 Å². The molecule has 8 nitrogen and oxygen atoms in total. The summed E-state index contributed by atoms with van der Waals surface area (Å²) in [6.45, 7) is 0.0632. The fraction of sp³-hybridized carbons (Fsp3) is 0.333. The second-order valence-corrected chi connectivity index (χ2v) is 3.62. The second-order valence-electron chi connectivity index (χ2n) is 3.62. The molecule has 1 aliphatic rings. The minimum absolute atomic E-state index is 0.0138. The van der Waals surface area contributed by atoms with Crippen molar-refractivity contribution in [3.63, 3.8) is 0 Å². The van der Waals surface area contributed by atoms with Crippen LogP contribution in [0.3, 0.4) is 0 Å². The molecule has 0 spiro atoms. The second kappa shape index (κ2) is 3.89. The summed E-state index contributed by atoms with van der Waals surface area (Å²) in [5, 5.41) is 8.64. The highest BCUT2D eigenvalue weighted by Gasteiger charge is 2.36. The van der Waals surface area contributed by atoms with Gasteiger partial charge in [0.05, 0.1) is 12.1 Å². The molecular formula is C9H9N3O5. The van der Waals surface area contributed by atoms with Gasteiger partial charge in [-0.05, 0) is 0 Å². The molecule has 8 heteroatoms. The predicted octanol–water partition coefficient (Wildman–Crippen LogP) is -0.789. The number of amides is 2. The number of rotatable bonds is 3. The topological polar surface area (TPSA) is 127 Å². The number of aromatic nitrogens is 1. The average Bonchev–Trinajstić information content (AvgIpc) is 2.83. The first-order chi connectivity index (χ1) is 7.99. The summed E-state index contributed by atoms with van der Waals surface area (Å²) in [6, 6.07) is -0.129. The van der Waals surface area contributed by atoms with Crippen molar-refractivity contribution < 1.29 is 23.9 Å². The Balaban J connectivity index is 2.20. The van der Waals surface area contributed by atoms with Gasteiger partial charge in [0.25, 0.3) is 0 Å². The molecule has 3 N–H and O–H groups in total.